The van der Waals surface area contributed by atoms with Gasteiger partial charge in [0.1, 0.15) is 18.4 Å². The van der Waals surface area contributed by atoms with E-state index in [1.807, 2.05) is 48.5 Å². The molecular weight excluding hydrogens is 462 g/mol. The molecule has 1 amide bonds. The average molecular weight is 482 g/mol. The summed E-state index contributed by atoms with van der Waals surface area (Å²) in [5.41, 5.74) is 4.70. The van der Waals surface area contributed by atoms with Crippen LogP contribution >= 0.6 is 0 Å². The summed E-state index contributed by atoms with van der Waals surface area (Å²) >= 11 is 0. The van der Waals surface area contributed by atoms with Gasteiger partial charge in [0.15, 0.2) is 0 Å². The van der Waals surface area contributed by atoms with E-state index in [1.54, 1.807) is 0 Å². The van der Waals surface area contributed by atoms with Crippen LogP contribution in [0.4, 0.5) is 4.79 Å². The molecule has 176 valence electrons. The number of ether oxygens (including phenoxy) is 1. The van der Waals surface area contributed by atoms with Gasteiger partial charge in [0, 0.05) is 12.3 Å². The van der Waals surface area contributed by atoms with Crippen LogP contribution in [0.1, 0.15) is 22.6 Å². The molecule has 0 fully saturated rings. The molecule has 1 atom stereocenters. The fraction of sp³-hybridized carbons (Fsp3) is 0.167. The van der Waals surface area contributed by atoms with Crippen LogP contribution in [0.25, 0.3) is 11.1 Å². The number of aliphatic carboxylic acids is 1. The van der Waals surface area contributed by atoms with Gasteiger partial charge in [0.25, 0.3) is 10.4 Å². The molecule has 9 nitrogen and oxygen atoms in total. The molecule has 4 rings (SSSR count). The Bertz CT molecular complexity index is 1280. The molecule has 0 radical (unpaired) electrons. The number of hydrogen-bond donors (Lipinski definition) is 2. The van der Waals surface area contributed by atoms with Gasteiger partial charge in [0.2, 0.25) is 0 Å². The van der Waals surface area contributed by atoms with Crippen molar-refractivity contribution in [3.05, 3.63) is 89.5 Å². The fourth-order valence-electron chi connectivity index (χ4n) is 4.02. The molecule has 10 heteroatoms. The maximum absolute atomic E-state index is 12.4. The monoisotopic (exact) mass is 482 g/mol. The molecule has 0 bridgehead atoms. The zero-order valence-corrected chi connectivity index (χ0v) is 18.5. The first-order valence-electron chi connectivity index (χ1n) is 10.3. The zero-order chi connectivity index (χ0) is 24.3. The molecule has 1 aliphatic carbocycles. The van der Waals surface area contributed by atoms with E-state index in [9.17, 15) is 27.7 Å². The highest BCUT2D eigenvalue weighted by Gasteiger charge is 2.29. The van der Waals surface area contributed by atoms with Crippen LogP contribution in [0.5, 0.6) is 5.75 Å². The predicted molar refractivity (Wildman–Crippen MR) is 120 cm³/mol. The van der Waals surface area contributed by atoms with E-state index in [2.05, 4.69) is 9.50 Å². The second-order valence-electron chi connectivity index (χ2n) is 7.70. The lowest BCUT2D eigenvalue weighted by Crippen LogP contribution is -2.42. The van der Waals surface area contributed by atoms with Crippen LogP contribution in [-0.4, -0.2) is 42.8 Å². The largest absolute Gasteiger partial charge is 0.716 e. The van der Waals surface area contributed by atoms with E-state index in [1.165, 1.54) is 24.3 Å². The smallest absolute Gasteiger partial charge is 0.407 e. The van der Waals surface area contributed by atoms with E-state index in [0.29, 0.717) is 5.56 Å². The van der Waals surface area contributed by atoms with Gasteiger partial charge in [-0.2, -0.15) is 0 Å². The van der Waals surface area contributed by atoms with Gasteiger partial charge in [-0.25, -0.2) is 18.0 Å². The van der Waals surface area contributed by atoms with Crippen LogP contribution in [0.2, 0.25) is 0 Å². The van der Waals surface area contributed by atoms with E-state index in [0.717, 1.165) is 22.3 Å². The zero-order valence-electron chi connectivity index (χ0n) is 17.7. The maximum atomic E-state index is 12.4. The van der Waals surface area contributed by atoms with Gasteiger partial charge >= 0.3 is 12.1 Å². The van der Waals surface area contributed by atoms with E-state index in [-0.39, 0.29) is 24.7 Å². The van der Waals surface area contributed by atoms with Crippen molar-refractivity contribution in [1.29, 1.82) is 0 Å². The summed E-state index contributed by atoms with van der Waals surface area (Å²) in [4.78, 5) is 24.1. The van der Waals surface area contributed by atoms with Crippen molar-refractivity contribution in [2.24, 2.45) is 0 Å². The van der Waals surface area contributed by atoms with Crippen LogP contribution in [0, 0.1) is 0 Å². The molecule has 1 unspecified atom stereocenters. The van der Waals surface area contributed by atoms with Crippen molar-refractivity contribution < 1.29 is 36.6 Å². The Labute approximate surface area is 195 Å². The Morgan fingerprint density at radius 1 is 0.941 bits per heavy atom. The third-order valence-electron chi connectivity index (χ3n) is 5.50. The highest BCUT2D eigenvalue weighted by atomic mass is 32.3. The molecule has 3 aromatic rings. The molecule has 0 aromatic heterocycles. The quantitative estimate of drug-likeness (QED) is 0.368. The lowest BCUT2D eigenvalue weighted by Gasteiger charge is -2.18. The lowest BCUT2D eigenvalue weighted by atomic mass is 9.98. The Balaban J connectivity index is 1.39. The summed E-state index contributed by atoms with van der Waals surface area (Å²) in [6, 6.07) is 19.7. The summed E-state index contributed by atoms with van der Waals surface area (Å²) < 4.78 is 41.6. The molecule has 0 spiro atoms. The number of fused-ring (bicyclic) bond motifs is 3. The molecule has 3 aromatic carbocycles. The van der Waals surface area contributed by atoms with Crippen LogP contribution < -0.4 is 9.50 Å². The molecule has 34 heavy (non-hydrogen) atoms. The predicted octanol–water partition coefficient (Wildman–Crippen LogP) is 3.06. The first-order valence-corrected chi connectivity index (χ1v) is 11.6. The second kappa shape index (κ2) is 9.54. The molecule has 0 saturated carbocycles. The molecule has 2 N–H and O–H groups in total. The number of carbonyl (C=O) groups excluding carboxylic acids is 1. The summed E-state index contributed by atoms with van der Waals surface area (Å²) in [5.74, 6) is -1.63. The third kappa shape index (κ3) is 5.36. The van der Waals surface area contributed by atoms with E-state index >= 15 is 0 Å². The fourth-order valence-corrected chi connectivity index (χ4v) is 4.36. The molecule has 0 saturated heterocycles. The summed E-state index contributed by atoms with van der Waals surface area (Å²) in [6.45, 7) is 0.0436. The number of alkyl carbamates (subject to hydrolysis) is 1. The van der Waals surface area contributed by atoms with Gasteiger partial charge in [-0.1, -0.05) is 60.7 Å². The lowest BCUT2D eigenvalue weighted by molar-refractivity contribution is -0.139. The maximum Gasteiger partial charge on any atom is 0.407 e. The second-order valence-corrected chi connectivity index (χ2v) is 8.68. The highest BCUT2D eigenvalue weighted by molar-refractivity contribution is 7.81. The number of carboxylic acid groups (broad SMARTS) is 1. The number of carboxylic acids is 1. The number of benzene rings is 3. The Morgan fingerprint density at radius 2 is 1.50 bits per heavy atom. The number of rotatable bonds is 8. The van der Waals surface area contributed by atoms with Gasteiger partial charge in [-0.05, 0) is 39.9 Å². The number of amides is 1. The van der Waals surface area contributed by atoms with Crippen molar-refractivity contribution in [3.63, 3.8) is 0 Å². The summed E-state index contributed by atoms with van der Waals surface area (Å²) in [5, 5.41) is 11.9. The normalized spacial score (nSPS) is 13.4. The van der Waals surface area contributed by atoms with Crippen molar-refractivity contribution in [2.45, 2.75) is 18.4 Å². The molecule has 0 aliphatic heterocycles. The SMILES string of the molecule is O=C(NC(Cc1ccc(OS(=O)(=O)[O-])cc1)C(=O)O)OCC1c2ccccc2-c2ccccc21. The molecule has 1 aliphatic rings. The van der Waals surface area contributed by atoms with E-state index in [4.69, 9.17) is 4.74 Å². The van der Waals surface area contributed by atoms with E-state index < -0.39 is 28.5 Å². The van der Waals surface area contributed by atoms with Crippen molar-refractivity contribution in [3.8, 4) is 16.9 Å². The minimum atomic E-state index is -4.91. The van der Waals surface area contributed by atoms with Crippen LogP contribution in [0.3, 0.4) is 0 Å². The minimum Gasteiger partial charge on any atom is -0.716 e. The third-order valence-corrected chi connectivity index (χ3v) is 5.89. The van der Waals surface area contributed by atoms with Gasteiger partial charge in [0.05, 0.1) is 0 Å². The van der Waals surface area contributed by atoms with Gasteiger partial charge < -0.3 is 23.9 Å². The van der Waals surface area contributed by atoms with Crippen molar-refractivity contribution in [2.75, 3.05) is 6.61 Å². The standard InChI is InChI=1S/C24H21NO8S/c26-23(27)22(13-15-9-11-16(12-10-15)33-34(29,30)31)25-24(28)32-14-21-19-7-3-1-5-17(19)18-6-2-4-8-20(18)21/h1-12,21-22H,13-14H2,(H,25,28)(H,26,27)(H,29,30,31)/p-1. The number of hydrogen-bond acceptors (Lipinski definition) is 7. The summed E-state index contributed by atoms with van der Waals surface area (Å²) in [7, 11) is -4.91. The highest BCUT2D eigenvalue weighted by Crippen LogP contribution is 2.44. The van der Waals surface area contributed by atoms with Crippen LogP contribution in [-0.2, 0) is 26.4 Å². The first-order chi connectivity index (χ1) is 16.2. The average Bonchev–Trinajstić information content (AvgIpc) is 3.11. The Kier molecular flexibility index (Phi) is 6.53. The Hall–Kier alpha value is -3.89. The summed E-state index contributed by atoms with van der Waals surface area (Å²) in [6.07, 6.45) is -0.962. The molecule has 0 heterocycles. The number of nitrogens with one attached hydrogen (secondary N) is 1. The van der Waals surface area contributed by atoms with Gasteiger partial charge in [-0.15, -0.1) is 0 Å². The Morgan fingerprint density at radius 3 is 2.03 bits per heavy atom. The van der Waals surface area contributed by atoms with Gasteiger partial charge in [-0.3, -0.25) is 0 Å². The number of carbonyl (C=O) groups is 2. The van der Waals surface area contributed by atoms with Crippen LogP contribution in [0.15, 0.2) is 72.8 Å². The molecular formula is C24H20NO8S-. The van der Waals surface area contributed by atoms with Crippen molar-refractivity contribution >= 4 is 22.5 Å². The van der Waals surface area contributed by atoms with Crippen molar-refractivity contribution in [1.82, 2.24) is 5.32 Å². The minimum absolute atomic E-state index is 0.0436. The topological polar surface area (TPSA) is 142 Å². The first kappa shape index (κ1) is 23.3.